The van der Waals surface area contributed by atoms with Crippen molar-refractivity contribution < 1.29 is 9.47 Å². The van der Waals surface area contributed by atoms with Crippen LogP contribution in [0.1, 0.15) is 32.8 Å². The van der Waals surface area contributed by atoms with Crippen molar-refractivity contribution in [3.8, 4) is 5.75 Å². The minimum Gasteiger partial charge on any atom is -0.497 e. The van der Waals surface area contributed by atoms with Crippen LogP contribution in [-0.2, 0) is 11.2 Å². The smallest absolute Gasteiger partial charge is 0.118 e. The fraction of sp³-hybridized carbons (Fsp3) is 0.625. The molecule has 1 aliphatic heterocycles. The van der Waals surface area contributed by atoms with Gasteiger partial charge in [0.2, 0.25) is 0 Å². The van der Waals surface area contributed by atoms with E-state index in [0.717, 1.165) is 31.7 Å². The predicted octanol–water partition coefficient (Wildman–Crippen LogP) is 2.78. The molecule has 19 heavy (non-hydrogen) atoms. The van der Waals surface area contributed by atoms with Crippen LogP contribution in [-0.4, -0.2) is 31.4 Å². The van der Waals surface area contributed by atoms with E-state index in [2.05, 4.69) is 38.2 Å². The van der Waals surface area contributed by atoms with E-state index in [0.29, 0.717) is 0 Å². The van der Waals surface area contributed by atoms with Crippen LogP contribution in [0.15, 0.2) is 24.3 Å². The lowest BCUT2D eigenvalue weighted by molar-refractivity contribution is -0.155. The Kier molecular flexibility index (Phi) is 4.16. The first-order valence-electron chi connectivity index (χ1n) is 6.96. The molecule has 106 valence electrons. The van der Waals surface area contributed by atoms with Gasteiger partial charge in [0.1, 0.15) is 5.75 Å². The van der Waals surface area contributed by atoms with Gasteiger partial charge in [0, 0.05) is 13.1 Å². The zero-order valence-electron chi connectivity index (χ0n) is 12.5. The highest BCUT2D eigenvalue weighted by atomic mass is 16.5. The first-order valence-corrected chi connectivity index (χ1v) is 6.96. The van der Waals surface area contributed by atoms with E-state index in [4.69, 9.17) is 9.47 Å². The molecule has 1 saturated heterocycles. The minimum absolute atomic E-state index is 0.0765. The largest absolute Gasteiger partial charge is 0.497 e. The third kappa shape index (κ3) is 3.95. The van der Waals surface area contributed by atoms with Gasteiger partial charge >= 0.3 is 0 Å². The molecule has 1 fully saturated rings. The van der Waals surface area contributed by atoms with Crippen LogP contribution in [0.2, 0.25) is 0 Å². The number of methoxy groups -OCH3 is 1. The summed E-state index contributed by atoms with van der Waals surface area (Å²) >= 11 is 0. The third-order valence-corrected chi connectivity index (χ3v) is 3.67. The SMILES string of the molecule is COc1ccc(CCC2(C)CNCC(C)(C)O2)cc1. The molecule has 1 atom stereocenters. The maximum Gasteiger partial charge on any atom is 0.118 e. The van der Waals surface area contributed by atoms with Crippen molar-refractivity contribution in [2.45, 2.75) is 44.8 Å². The van der Waals surface area contributed by atoms with Gasteiger partial charge in [0.15, 0.2) is 0 Å². The number of morpholine rings is 1. The van der Waals surface area contributed by atoms with Gasteiger partial charge in [-0.1, -0.05) is 12.1 Å². The second-order valence-electron chi connectivity index (χ2n) is 6.26. The molecule has 1 aliphatic rings. The summed E-state index contributed by atoms with van der Waals surface area (Å²) in [7, 11) is 1.69. The van der Waals surface area contributed by atoms with E-state index in [1.807, 2.05) is 12.1 Å². The van der Waals surface area contributed by atoms with E-state index < -0.39 is 0 Å². The minimum atomic E-state index is -0.0817. The van der Waals surface area contributed by atoms with Crippen LogP contribution in [0.3, 0.4) is 0 Å². The van der Waals surface area contributed by atoms with Gasteiger partial charge in [-0.05, 0) is 51.3 Å². The molecule has 0 spiro atoms. The Hall–Kier alpha value is -1.06. The van der Waals surface area contributed by atoms with Crippen LogP contribution in [0.5, 0.6) is 5.75 Å². The Bertz CT molecular complexity index is 413. The molecule has 1 N–H and O–H groups in total. The summed E-state index contributed by atoms with van der Waals surface area (Å²) in [6.45, 7) is 8.33. The molecule has 0 aliphatic carbocycles. The monoisotopic (exact) mass is 263 g/mol. The predicted molar refractivity (Wildman–Crippen MR) is 77.8 cm³/mol. The zero-order chi connectivity index (χ0) is 13.9. The number of aryl methyl sites for hydroxylation is 1. The van der Waals surface area contributed by atoms with Crippen LogP contribution in [0.25, 0.3) is 0 Å². The summed E-state index contributed by atoms with van der Waals surface area (Å²) in [5.74, 6) is 0.909. The second-order valence-corrected chi connectivity index (χ2v) is 6.26. The summed E-state index contributed by atoms with van der Waals surface area (Å²) in [6.07, 6.45) is 2.05. The highest BCUT2D eigenvalue weighted by Gasteiger charge is 2.36. The van der Waals surface area contributed by atoms with Crippen molar-refractivity contribution in [3.63, 3.8) is 0 Å². The molecule has 1 aromatic rings. The van der Waals surface area contributed by atoms with E-state index in [1.54, 1.807) is 7.11 Å². The first-order chi connectivity index (χ1) is 8.92. The van der Waals surface area contributed by atoms with Gasteiger partial charge in [0.25, 0.3) is 0 Å². The van der Waals surface area contributed by atoms with Gasteiger partial charge in [-0.2, -0.15) is 0 Å². The zero-order valence-corrected chi connectivity index (χ0v) is 12.5. The maximum atomic E-state index is 6.24. The molecule has 1 heterocycles. The van der Waals surface area contributed by atoms with Gasteiger partial charge in [-0.3, -0.25) is 0 Å². The quantitative estimate of drug-likeness (QED) is 0.906. The third-order valence-electron chi connectivity index (χ3n) is 3.67. The van der Waals surface area contributed by atoms with Crippen molar-refractivity contribution in [1.82, 2.24) is 5.32 Å². The number of rotatable bonds is 4. The lowest BCUT2D eigenvalue weighted by Gasteiger charge is -2.44. The van der Waals surface area contributed by atoms with Crippen LogP contribution in [0, 0.1) is 0 Å². The lowest BCUT2D eigenvalue weighted by Crippen LogP contribution is -2.56. The molecule has 0 radical (unpaired) electrons. The Morgan fingerprint density at radius 1 is 1.16 bits per heavy atom. The molecule has 2 rings (SSSR count). The molecular weight excluding hydrogens is 238 g/mol. The molecule has 0 bridgehead atoms. The average molecular weight is 263 g/mol. The van der Waals surface area contributed by atoms with Crippen molar-refractivity contribution in [3.05, 3.63) is 29.8 Å². The fourth-order valence-electron chi connectivity index (χ4n) is 2.71. The van der Waals surface area contributed by atoms with Crippen molar-refractivity contribution >= 4 is 0 Å². The highest BCUT2D eigenvalue weighted by Crippen LogP contribution is 2.28. The molecular formula is C16H25NO2. The summed E-state index contributed by atoms with van der Waals surface area (Å²) < 4.78 is 11.4. The number of hydrogen-bond acceptors (Lipinski definition) is 3. The Labute approximate surface area is 116 Å². The summed E-state index contributed by atoms with van der Waals surface area (Å²) in [5.41, 5.74) is 1.17. The molecule has 3 heteroatoms. The maximum absolute atomic E-state index is 6.24. The topological polar surface area (TPSA) is 30.5 Å². The van der Waals surface area contributed by atoms with Crippen LogP contribution >= 0.6 is 0 Å². The first kappa shape index (κ1) is 14.4. The Morgan fingerprint density at radius 3 is 2.42 bits per heavy atom. The summed E-state index contributed by atoms with van der Waals surface area (Å²) in [5, 5.41) is 3.48. The number of nitrogens with one attached hydrogen (secondary N) is 1. The molecule has 3 nitrogen and oxygen atoms in total. The van der Waals surface area contributed by atoms with E-state index in [-0.39, 0.29) is 11.2 Å². The number of benzene rings is 1. The summed E-state index contributed by atoms with van der Waals surface area (Å²) in [4.78, 5) is 0. The van der Waals surface area contributed by atoms with Crippen molar-refractivity contribution in [1.29, 1.82) is 0 Å². The van der Waals surface area contributed by atoms with Crippen molar-refractivity contribution in [2.75, 3.05) is 20.2 Å². The highest BCUT2D eigenvalue weighted by molar-refractivity contribution is 5.27. The van der Waals surface area contributed by atoms with Gasteiger partial charge in [0.05, 0.1) is 18.3 Å². The van der Waals surface area contributed by atoms with E-state index in [1.165, 1.54) is 5.56 Å². The molecule has 1 aromatic carbocycles. The van der Waals surface area contributed by atoms with Gasteiger partial charge in [-0.15, -0.1) is 0 Å². The molecule has 0 saturated carbocycles. The Morgan fingerprint density at radius 2 is 1.84 bits per heavy atom. The van der Waals surface area contributed by atoms with Crippen LogP contribution in [0.4, 0.5) is 0 Å². The van der Waals surface area contributed by atoms with E-state index >= 15 is 0 Å². The molecule has 0 aromatic heterocycles. The molecule has 0 amide bonds. The summed E-state index contributed by atoms with van der Waals surface area (Å²) in [6, 6.07) is 8.29. The molecule has 1 unspecified atom stereocenters. The number of ether oxygens (including phenoxy) is 2. The second kappa shape index (κ2) is 5.51. The van der Waals surface area contributed by atoms with E-state index in [9.17, 15) is 0 Å². The Balaban J connectivity index is 1.93. The van der Waals surface area contributed by atoms with Gasteiger partial charge < -0.3 is 14.8 Å². The van der Waals surface area contributed by atoms with Gasteiger partial charge in [-0.25, -0.2) is 0 Å². The normalized spacial score (nSPS) is 26.1. The van der Waals surface area contributed by atoms with Crippen LogP contribution < -0.4 is 10.1 Å². The number of hydrogen-bond donors (Lipinski definition) is 1. The lowest BCUT2D eigenvalue weighted by atomic mass is 9.92. The average Bonchev–Trinajstić information content (AvgIpc) is 2.35. The standard InChI is InChI=1S/C16H25NO2/c1-15(2)11-17-12-16(3,19-15)10-9-13-5-7-14(18-4)8-6-13/h5-8,17H,9-12H2,1-4H3. The fourth-order valence-corrected chi connectivity index (χ4v) is 2.71. The van der Waals surface area contributed by atoms with Crippen molar-refractivity contribution in [2.24, 2.45) is 0 Å².